The van der Waals surface area contributed by atoms with Crippen LogP contribution in [0.15, 0.2) is 61.2 Å². The van der Waals surface area contributed by atoms with E-state index in [1.807, 2.05) is 54.6 Å². The van der Waals surface area contributed by atoms with Crippen LogP contribution < -0.4 is 10.2 Å². The van der Waals surface area contributed by atoms with E-state index in [0.717, 1.165) is 16.9 Å². The largest absolute Gasteiger partial charge is 0.330 e. The topological polar surface area (TPSA) is 32.3 Å². The summed E-state index contributed by atoms with van der Waals surface area (Å²) < 4.78 is 0. The fourth-order valence-electron chi connectivity index (χ4n) is 2.11. The number of rotatable bonds is 1. The molecule has 0 radical (unpaired) electrons. The molecule has 0 spiro atoms. The summed E-state index contributed by atoms with van der Waals surface area (Å²) in [6.07, 6.45) is 0. The molecule has 0 saturated carbocycles. The molecule has 1 N–H and O–H groups in total. The Morgan fingerprint density at radius 1 is 0.944 bits per heavy atom. The van der Waals surface area contributed by atoms with Crippen molar-refractivity contribution in [2.75, 3.05) is 10.2 Å². The molecule has 1 aliphatic rings. The molecule has 3 nitrogen and oxygen atoms in total. The first-order valence-corrected chi connectivity index (χ1v) is 5.72. The first-order chi connectivity index (χ1) is 8.77. The zero-order valence-electron chi connectivity index (χ0n) is 9.76. The quantitative estimate of drug-likeness (QED) is 0.804. The van der Waals surface area contributed by atoms with E-state index in [0.29, 0.717) is 5.70 Å². The Morgan fingerprint density at radius 2 is 1.61 bits per heavy atom. The highest BCUT2D eigenvalue weighted by Gasteiger charge is 2.26. The number of fused-ring (bicyclic) bond motifs is 1. The number of carbonyl (C=O) groups excluding carboxylic acids is 1. The molecule has 1 heterocycles. The number of urea groups is 1. The second-order valence-electron chi connectivity index (χ2n) is 4.09. The Morgan fingerprint density at radius 3 is 2.39 bits per heavy atom. The number of hydrogen-bond donors (Lipinski definition) is 1. The highest BCUT2D eigenvalue weighted by molar-refractivity contribution is 6.15. The third kappa shape index (κ3) is 1.57. The molecule has 18 heavy (non-hydrogen) atoms. The van der Waals surface area contributed by atoms with Crippen molar-refractivity contribution in [2.45, 2.75) is 0 Å². The Kier molecular flexibility index (Phi) is 2.38. The fraction of sp³-hybridized carbons (Fsp3) is 0. The molecule has 2 amide bonds. The van der Waals surface area contributed by atoms with Gasteiger partial charge in [-0.15, -0.1) is 0 Å². The van der Waals surface area contributed by atoms with Crippen molar-refractivity contribution >= 4 is 23.1 Å². The minimum atomic E-state index is -0.176. The summed E-state index contributed by atoms with van der Waals surface area (Å²) in [5, 5.41) is 2.87. The van der Waals surface area contributed by atoms with E-state index in [1.165, 1.54) is 0 Å². The van der Waals surface area contributed by atoms with Gasteiger partial charge < -0.3 is 5.32 Å². The molecular formula is C15H12N2O. The SMILES string of the molecule is C=C1c2ccccc2NC(=O)N1c1ccccc1. The first-order valence-electron chi connectivity index (χ1n) is 5.72. The lowest BCUT2D eigenvalue weighted by Crippen LogP contribution is -2.37. The Labute approximate surface area is 105 Å². The van der Waals surface area contributed by atoms with Crippen LogP contribution in [-0.4, -0.2) is 6.03 Å². The van der Waals surface area contributed by atoms with Gasteiger partial charge in [0, 0.05) is 5.56 Å². The molecule has 3 heteroatoms. The summed E-state index contributed by atoms with van der Waals surface area (Å²) in [7, 11) is 0. The highest BCUT2D eigenvalue weighted by atomic mass is 16.2. The van der Waals surface area contributed by atoms with Crippen molar-refractivity contribution in [3.8, 4) is 0 Å². The number of amides is 2. The third-order valence-electron chi connectivity index (χ3n) is 2.97. The first kappa shape index (κ1) is 10.6. The van der Waals surface area contributed by atoms with Gasteiger partial charge in [-0.2, -0.15) is 0 Å². The number of hydrogen-bond acceptors (Lipinski definition) is 1. The Hall–Kier alpha value is -2.55. The summed E-state index contributed by atoms with van der Waals surface area (Å²) in [6, 6.07) is 17.0. The van der Waals surface area contributed by atoms with Gasteiger partial charge >= 0.3 is 6.03 Å². The lowest BCUT2D eigenvalue weighted by Gasteiger charge is -2.31. The number of para-hydroxylation sites is 2. The average molecular weight is 236 g/mol. The van der Waals surface area contributed by atoms with Crippen molar-refractivity contribution in [3.63, 3.8) is 0 Å². The molecule has 0 aliphatic carbocycles. The van der Waals surface area contributed by atoms with Gasteiger partial charge in [0.25, 0.3) is 0 Å². The lowest BCUT2D eigenvalue weighted by molar-refractivity contribution is 0.259. The molecule has 0 atom stereocenters. The van der Waals surface area contributed by atoms with E-state index >= 15 is 0 Å². The van der Waals surface area contributed by atoms with E-state index in [1.54, 1.807) is 4.90 Å². The molecule has 88 valence electrons. The maximum Gasteiger partial charge on any atom is 0.330 e. The van der Waals surface area contributed by atoms with E-state index in [9.17, 15) is 4.79 Å². The van der Waals surface area contributed by atoms with Gasteiger partial charge in [0.05, 0.1) is 17.1 Å². The fourth-order valence-corrected chi connectivity index (χ4v) is 2.11. The molecule has 0 aromatic heterocycles. The predicted molar refractivity (Wildman–Crippen MR) is 73.4 cm³/mol. The number of anilines is 2. The molecule has 0 fully saturated rings. The van der Waals surface area contributed by atoms with Crippen molar-refractivity contribution < 1.29 is 4.79 Å². The molecule has 0 saturated heterocycles. The van der Waals surface area contributed by atoms with Crippen LogP contribution in [0.1, 0.15) is 5.56 Å². The molecular weight excluding hydrogens is 224 g/mol. The number of carbonyl (C=O) groups is 1. The van der Waals surface area contributed by atoms with E-state index in [4.69, 9.17) is 0 Å². The second-order valence-corrected chi connectivity index (χ2v) is 4.09. The average Bonchev–Trinajstić information content (AvgIpc) is 2.40. The summed E-state index contributed by atoms with van der Waals surface area (Å²) in [5.41, 5.74) is 3.26. The van der Waals surface area contributed by atoms with Gasteiger partial charge in [-0.1, -0.05) is 43.0 Å². The van der Waals surface area contributed by atoms with Crippen LogP contribution >= 0.6 is 0 Å². The minimum absolute atomic E-state index is 0.176. The van der Waals surface area contributed by atoms with Crippen molar-refractivity contribution in [3.05, 3.63) is 66.7 Å². The van der Waals surface area contributed by atoms with Crippen LogP contribution in [0.5, 0.6) is 0 Å². The normalized spacial score (nSPS) is 14.1. The number of nitrogens with one attached hydrogen (secondary N) is 1. The van der Waals surface area contributed by atoms with E-state index in [2.05, 4.69) is 11.9 Å². The van der Waals surface area contributed by atoms with Gasteiger partial charge in [0.2, 0.25) is 0 Å². The molecule has 0 bridgehead atoms. The molecule has 3 rings (SSSR count). The summed E-state index contributed by atoms with van der Waals surface area (Å²) >= 11 is 0. The molecule has 2 aromatic rings. The van der Waals surface area contributed by atoms with Crippen LogP contribution in [-0.2, 0) is 0 Å². The Balaban J connectivity index is 2.09. The van der Waals surface area contributed by atoms with Crippen molar-refractivity contribution in [2.24, 2.45) is 0 Å². The standard InChI is InChI=1S/C15H12N2O/c1-11-13-9-5-6-10-14(13)16-15(18)17(11)12-7-3-2-4-8-12/h2-10H,1H2,(H,16,18). The monoisotopic (exact) mass is 236 g/mol. The van der Waals surface area contributed by atoms with Crippen molar-refractivity contribution in [1.29, 1.82) is 0 Å². The molecule has 2 aromatic carbocycles. The molecule has 0 unspecified atom stereocenters. The maximum absolute atomic E-state index is 12.1. The van der Waals surface area contributed by atoms with Gasteiger partial charge in [0.15, 0.2) is 0 Å². The van der Waals surface area contributed by atoms with Crippen LogP contribution in [0.25, 0.3) is 5.70 Å². The van der Waals surface area contributed by atoms with Crippen LogP contribution in [0, 0.1) is 0 Å². The number of benzene rings is 2. The third-order valence-corrected chi connectivity index (χ3v) is 2.97. The lowest BCUT2D eigenvalue weighted by atomic mass is 10.1. The zero-order chi connectivity index (χ0) is 12.5. The van der Waals surface area contributed by atoms with Gasteiger partial charge in [-0.05, 0) is 18.2 Å². The van der Waals surface area contributed by atoms with Gasteiger partial charge in [0.1, 0.15) is 0 Å². The zero-order valence-corrected chi connectivity index (χ0v) is 9.76. The molecule has 1 aliphatic heterocycles. The highest BCUT2D eigenvalue weighted by Crippen LogP contribution is 2.33. The van der Waals surface area contributed by atoms with Gasteiger partial charge in [-0.3, -0.25) is 4.90 Å². The van der Waals surface area contributed by atoms with Crippen molar-refractivity contribution in [1.82, 2.24) is 0 Å². The van der Waals surface area contributed by atoms with Crippen LogP contribution in [0.3, 0.4) is 0 Å². The van der Waals surface area contributed by atoms with E-state index < -0.39 is 0 Å². The van der Waals surface area contributed by atoms with Gasteiger partial charge in [-0.25, -0.2) is 4.79 Å². The van der Waals surface area contributed by atoms with E-state index in [-0.39, 0.29) is 6.03 Å². The van der Waals surface area contributed by atoms with Crippen LogP contribution in [0.2, 0.25) is 0 Å². The smallest absolute Gasteiger partial charge is 0.307 e. The summed E-state index contributed by atoms with van der Waals surface area (Å²) in [6.45, 7) is 4.03. The Bertz CT molecular complexity index is 619. The summed E-state index contributed by atoms with van der Waals surface area (Å²) in [4.78, 5) is 13.7. The minimum Gasteiger partial charge on any atom is -0.307 e. The van der Waals surface area contributed by atoms with Crippen LogP contribution in [0.4, 0.5) is 16.2 Å². The second kappa shape index (κ2) is 4.04. The predicted octanol–water partition coefficient (Wildman–Crippen LogP) is 3.71. The summed E-state index contributed by atoms with van der Waals surface area (Å²) in [5.74, 6) is 0. The number of nitrogens with zero attached hydrogens (tertiary/aromatic N) is 1. The maximum atomic E-state index is 12.1.